The van der Waals surface area contributed by atoms with Crippen molar-refractivity contribution in [2.45, 2.75) is 51.6 Å². The highest BCUT2D eigenvalue weighted by Crippen LogP contribution is 2.36. The van der Waals surface area contributed by atoms with E-state index < -0.39 is 17.5 Å². The minimum atomic E-state index is -0.929. The van der Waals surface area contributed by atoms with Crippen molar-refractivity contribution in [3.05, 3.63) is 52.9 Å². The van der Waals surface area contributed by atoms with Gasteiger partial charge >= 0.3 is 11.9 Å². The predicted molar refractivity (Wildman–Crippen MR) is 155 cm³/mol. The van der Waals surface area contributed by atoms with Gasteiger partial charge in [0.05, 0.1) is 17.9 Å². The lowest BCUT2D eigenvalue weighted by Crippen LogP contribution is -2.33. The molecule has 2 aromatic heterocycles. The number of hydrogen-bond acceptors (Lipinski definition) is 11. The molecule has 1 saturated heterocycles. The van der Waals surface area contributed by atoms with Gasteiger partial charge in [0.15, 0.2) is 11.3 Å². The lowest BCUT2D eigenvalue weighted by atomic mass is 9.91. The summed E-state index contributed by atoms with van der Waals surface area (Å²) >= 11 is 0. The maximum atomic E-state index is 12.3. The molecule has 1 aromatic carbocycles. The van der Waals surface area contributed by atoms with Gasteiger partial charge in [-0.25, -0.2) is 14.6 Å². The molecule has 3 aromatic rings. The van der Waals surface area contributed by atoms with Crippen LogP contribution in [0.25, 0.3) is 11.0 Å². The number of esters is 2. The zero-order valence-electron chi connectivity index (χ0n) is 24.5. The molecule has 1 aliphatic carbocycles. The summed E-state index contributed by atoms with van der Waals surface area (Å²) in [4.78, 5) is 32.9. The molecule has 0 bridgehead atoms. The van der Waals surface area contributed by atoms with Crippen LogP contribution in [0.5, 0.6) is 17.4 Å². The van der Waals surface area contributed by atoms with E-state index in [9.17, 15) is 9.59 Å². The highest BCUT2D eigenvalue weighted by Gasteiger charge is 2.28. The molecule has 0 atom stereocenters. The molecule has 11 nitrogen and oxygen atoms in total. The van der Waals surface area contributed by atoms with Crippen LogP contribution >= 0.6 is 0 Å². The minimum absolute atomic E-state index is 0.109. The first kappa shape index (κ1) is 28.8. The first-order valence-electron chi connectivity index (χ1n) is 14.8. The molecule has 0 radical (unpaired) electrons. The van der Waals surface area contributed by atoms with Gasteiger partial charge in [0.1, 0.15) is 17.4 Å². The number of carbonyl (C=O) groups is 2. The van der Waals surface area contributed by atoms with Crippen molar-refractivity contribution >= 4 is 22.9 Å². The molecule has 2 fully saturated rings. The van der Waals surface area contributed by atoms with E-state index in [4.69, 9.17) is 24.0 Å². The fraction of sp³-hybridized carbons (Fsp3) is 0.469. The maximum absolute atomic E-state index is 12.3. The van der Waals surface area contributed by atoms with E-state index in [2.05, 4.69) is 32.1 Å². The Hall–Kier alpha value is -4.27. The quantitative estimate of drug-likeness (QED) is 0.317. The van der Waals surface area contributed by atoms with Gasteiger partial charge in [-0.15, -0.1) is 0 Å². The SMILES string of the molecule is CN(C)Cc1c(OCC2CC2)ccc2c(CCC3CCN(Cc4ccnc5c4OC(=O)/C=C(\C#N)C(=O)O5)CC3)noc12. The molecule has 2 aliphatic heterocycles. The van der Waals surface area contributed by atoms with Crippen LogP contribution in [-0.4, -0.2) is 65.7 Å². The summed E-state index contributed by atoms with van der Waals surface area (Å²) in [6, 6.07) is 7.56. The molecular formula is C32H35N5O6. The Balaban J connectivity index is 1.06. The van der Waals surface area contributed by atoms with Gasteiger partial charge in [-0.1, -0.05) is 5.16 Å². The van der Waals surface area contributed by atoms with Crippen LogP contribution in [0.15, 0.2) is 40.6 Å². The molecule has 224 valence electrons. The van der Waals surface area contributed by atoms with Crippen molar-refractivity contribution in [3.8, 4) is 23.4 Å². The number of carbonyl (C=O) groups excluding carboxylic acids is 2. The number of rotatable bonds is 10. The Labute approximate surface area is 250 Å². The number of nitriles is 1. The fourth-order valence-electron chi connectivity index (χ4n) is 5.68. The van der Waals surface area contributed by atoms with Crippen molar-refractivity contribution in [1.82, 2.24) is 19.9 Å². The van der Waals surface area contributed by atoms with E-state index in [0.717, 1.165) is 86.0 Å². The number of aromatic nitrogens is 2. The van der Waals surface area contributed by atoms with E-state index >= 15 is 0 Å². The molecule has 1 saturated carbocycles. The van der Waals surface area contributed by atoms with Gasteiger partial charge in [0.25, 0.3) is 5.88 Å². The third kappa shape index (κ3) is 6.71. The van der Waals surface area contributed by atoms with Crippen LogP contribution in [0, 0.1) is 23.2 Å². The Kier molecular flexibility index (Phi) is 8.40. The van der Waals surface area contributed by atoms with Gasteiger partial charge in [-0.2, -0.15) is 5.26 Å². The molecule has 43 heavy (non-hydrogen) atoms. The van der Waals surface area contributed by atoms with Crippen molar-refractivity contribution in [2.24, 2.45) is 11.8 Å². The van der Waals surface area contributed by atoms with E-state index in [-0.39, 0.29) is 11.6 Å². The van der Waals surface area contributed by atoms with Gasteiger partial charge < -0.3 is 23.6 Å². The number of likely N-dealkylation sites (tertiary alicyclic amines) is 1. The second kappa shape index (κ2) is 12.5. The second-order valence-electron chi connectivity index (χ2n) is 11.9. The average Bonchev–Trinajstić information content (AvgIpc) is 3.73. The summed E-state index contributed by atoms with van der Waals surface area (Å²) in [5.41, 5.74) is 3.14. The van der Waals surface area contributed by atoms with Gasteiger partial charge in [0, 0.05) is 36.3 Å². The number of nitrogens with zero attached hydrogens (tertiary/aromatic N) is 5. The molecule has 0 unspecified atom stereocenters. The van der Waals surface area contributed by atoms with Crippen molar-refractivity contribution in [3.63, 3.8) is 0 Å². The summed E-state index contributed by atoms with van der Waals surface area (Å²) in [7, 11) is 4.09. The molecule has 0 amide bonds. The fourth-order valence-corrected chi connectivity index (χ4v) is 5.68. The lowest BCUT2D eigenvalue weighted by molar-refractivity contribution is -0.134. The minimum Gasteiger partial charge on any atom is -0.493 e. The molecule has 0 spiro atoms. The third-order valence-electron chi connectivity index (χ3n) is 8.26. The van der Waals surface area contributed by atoms with Gasteiger partial charge in [-0.3, -0.25) is 4.90 Å². The van der Waals surface area contributed by atoms with Gasteiger partial charge in [-0.05, 0) is 95.7 Å². The second-order valence-corrected chi connectivity index (χ2v) is 11.9. The number of piperidine rings is 1. The van der Waals surface area contributed by atoms with Crippen LogP contribution in [-0.2, 0) is 29.1 Å². The summed E-state index contributed by atoms with van der Waals surface area (Å²) in [5.74, 6) is 0.390. The zero-order valence-corrected chi connectivity index (χ0v) is 24.5. The number of ether oxygens (including phenoxy) is 3. The summed E-state index contributed by atoms with van der Waals surface area (Å²) in [5, 5.41) is 14.6. The maximum Gasteiger partial charge on any atom is 0.356 e. The molecule has 4 heterocycles. The molecule has 3 aliphatic rings. The Morgan fingerprint density at radius 1 is 1.09 bits per heavy atom. The van der Waals surface area contributed by atoms with Crippen LogP contribution in [0.4, 0.5) is 0 Å². The van der Waals surface area contributed by atoms with Crippen LogP contribution in [0.3, 0.4) is 0 Å². The van der Waals surface area contributed by atoms with E-state index in [1.807, 2.05) is 14.1 Å². The van der Waals surface area contributed by atoms with Crippen molar-refractivity contribution in [2.75, 3.05) is 33.8 Å². The summed E-state index contributed by atoms with van der Waals surface area (Å²) in [6.07, 6.45) is 8.76. The molecule has 6 rings (SSSR count). The molecular weight excluding hydrogens is 550 g/mol. The number of aryl methyl sites for hydroxylation is 1. The Bertz CT molecular complexity index is 1590. The monoisotopic (exact) mass is 585 g/mol. The van der Waals surface area contributed by atoms with Crippen LogP contribution in [0.2, 0.25) is 0 Å². The largest absolute Gasteiger partial charge is 0.493 e. The lowest BCUT2D eigenvalue weighted by Gasteiger charge is -2.32. The predicted octanol–water partition coefficient (Wildman–Crippen LogP) is 4.19. The van der Waals surface area contributed by atoms with Crippen molar-refractivity contribution < 1.29 is 28.3 Å². The normalized spacial score (nSPS) is 19.2. The first-order valence-corrected chi connectivity index (χ1v) is 14.8. The number of benzene rings is 1. The van der Waals surface area contributed by atoms with E-state index in [1.54, 1.807) is 12.1 Å². The Morgan fingerprint density at radius 2 is 1.91 bits per heavy atom. The first-order chi connectivity index (χ1) is 20.9. The molecule has 11 heteroatoms. The van der Waals surface area contributed by atoms with Crippen molar-refractivity contribution in [1.29, 1.82) is 5.26 Å². The summed E-state index contributed by atoms with van der Waals surface area (Å²) in [6.45, 7) is 3.76. The van der Waals surface area contributed by atoms with Gasteiger partial charge in [0.2, 0.25) is 0 Å². The average molecular weight is 586 g/mol. The standard InChI is InChI=1S/C32H35N5O6/c1-36(2)18-25-27(40-19-21-3-4-21)8-6-24-26(35-43-30(24)25)7-5-20-10-13-37(14-11-20)17-22-9-12-34-31-29(22)41-28(38)15-23(16-33)32(39)42-31/h6,8-9,12,15,20-21H,3-5,7,10-11,13-14,17-19H2,1-2H3/b23-15+. The third-order valence-corrected chi connectivity index (χ3v) is 8.26. The topological polar surface area (TPSA) is 131 Å². The number of hydrogen-bond donors (Lipinski definition) is 0. The Morgan fingerprint density at radius 3 is 2.65 bits per heavy atom. The highest BCUT2D eigenvalue weighted by atomic mass is 16.6. The van der Waals surface area contributed by atoms with E-state index in [1.165, 1.54) is 19.0 Å². The molecule has 0 N–H and O–H groups in total. The summed E-state index contributed by atoms with van der Waals surface area (Å²) < 4.78 is 22.7. The zero-order chi connectivity index (χ0) is 29.9. The number of pyridine rings is 1. The van der Waals surface area contributed by atoms with Crippen LogP contribution in [0.1, 0.15) is 48.9 Å². The smallest absolute Gasteiger partial charge is 0.356 e. The number of fused-ring (bicyclic) bond motifs is 2. The van der Waals surface area contributed by atoms with E-state index in [0.29, 0.717) is 23.9 Å². The van der Waals surface area contributed by atoms with Crippen LogP contribution < -0.4 is 14.2 Å². The highest BCUT2D eigenvalue weighted by molar-refractivity contribution is 6.02.